The van der Waals surface area contributed by atoms with Crippen LogP contribution in [0.4, 0.5) is 15.8 Å². The van der Waals surface area contributed by atoms with Crippen molar-refractivity contribution in [3.63, 3.8) is 0 Å². The number of methoxy groups -OCH3 is 1. The van der Waals surface area contributed by atoms with Crippen LogP contribution in [0.15, 0.2) is 53.7 Å². The smallest absolute Gasteiger partial charge is 0.234 e. The van der Waals surface area contributed by atoms with Crippen LogP contribution >= 0.6 is 11.8 Å². The van der Waals surface area contributed by atoms with Crippen LogP contribution in [0.25, 0.3) is 0 Å². The zero-order valence-electron chi connectivity index (χ0n) is 16.4. The van der Waals surface area contributed by atoms with Crippen molar-refractivity contribution < 1.29 is 18.7 Å². The zero-order chi connectivity index (χ0) is 21.5. The average molecular weight is 429 g/mol. The van der Waals surface area contributed by atoms with Crippen LogP contribution in [0, 0.1) is 5.82 Å². The molecule has 0 saturated heterocycles. The van der Waals surface area contributed by atoms with Crippen LogP contribution < -0.4 is 15.4 Å². The Hall–Kier alpha value is -3.40. The van der Waals surface area contributed by atoms with Crippen LogP contribution in [0.2, 0.25) is 0 Å². The number of benzene rings is 2. The van der Waals surface area contributed by atoms with E-state index in [2.05, 4.69) is 20.8 Å². The quantitative estimate of drug-likeness (QED) is 0.535. The van der Waals surface area contributed by atoms with Gasteiger partial charge in [0.1, 0.15) is 17.4 Å². The number of hydrogen-bond donors (Lipinski definition) is 2. The van der Waals surface area contributed by atoms with Gasteiger partial charge in [-0.1, -0.05) is 17.8 Å². The average Bonchev–Trinajstić information content (AvgIpc) is 3.07. The third kappa shape index (κ3) is 5.80. The molecule has 0 radical (unpaired) electrons. The van der Waals surface area contributed by atoms with E-state index in [1.54, 1.807) is 43.0 Å². The van der Waals surface area contributed by atoms with E-state index in [-0.39, 0.29) is 29.8 Å². The Balaban J connectivity index is 1.52. The van der Waals surface area contributed by atoms with Gasteiger partial charge in [-0.2, -0.15) is 0 Å². The van der Waals surface area contributed by atoms with Gasteiger partial charge >= 0.3 is 0 Å². The van der Waals surface area contributed by atoms with Crippen LogP contribution in [0.3, 0.4) is 0 Å². The predicted octanol–water partition coefficient (Wildman–Crippen LogP) is 2.87. The number of carbonyl (C=O) groups is 2. The van der Waals surface area contributed by atoms with E-state index in [0.29, 0.717) is 28.1 Å². The Morgan fingerprint density at radius 2 is 1.80 bits per heavy atom. The highest BCUT2D eigenvalue weighted by Gasteiger charge is 2.15. The summed E-state index contributed by atoms with van der Waals surface area (Å²) in [6, 6.07) is 12.6. The van der Waals surface area contributed by atoms with E-state index in [0.717, 1.165) is 0 Å². The number of ether oxygens (including phenoxy) is 1. The summed E-state index contributed by atoms with van der Waals surface area (Å²) in [7, 11) is 3.29. The number of carbonyl (C=O) groups excluding carboxylic acids is 2. The molecule has 2 aromatic carbocycles. The number of thioether (sulfide) groups is 1. The molecular weight excluding hydrogens is 409 g/mol. The molecule has 3 rings (SSSR count). The lowest BCUT2D eigenvalue weighted by Crippen LogP contribution is -2.17. The molecule has 156 valence electrons. The maximum atomic E-state index is 12.9. The Morgan fingerprint density at radius 1 is 1.07 bits per heavy atom. The summed E-state index contributed by atoms with van der Waals surface area (Å²) in [5, 5.41) is 14.0. The number of amides is 2. The normalized spacial score (nSPS) is 10.5. The number of hydrogen-bond acceptors (Lipinski definition) is 6. The molecule has 0 aliphatic carbocycles. The number of halogens is 1. The fourth-order valence-electron chi connectivity index (χ4n) is 2.53. The molecule has 3 aromatic rings. The monoisotopic (exact) mass is 429 g/mol. The van der Waals surface area contributed by atoms with Crippen molar-refractivity contribution in [2.24, 2.45) is 7.05 Å². The van der Waals surface area contributed by atoms with E-state index >= 15 is 0 Å². The van der Waals surface area contributed by atoms with Gasteiger partial charge in [-0.15, -0.1) is 10.2 Å². The fourth-order valence-corrected chi connectivity index (χ4v) is 3.26. The van der Waals surface area contributed by atoms with Gasteiger partial charge in [-0.3, -0.25) is 9.59 Å². The minimum Gasteiger partial charge on any atom is -0.497 e. The standard InChI is InChI=1S/C20H20FN5O3S/c1-26-17(11-18(27)23-15-4-3-5-16(10-15)29-2)24-25-20(26)30-12-19(28)22-14-8-6-13(21)7-9-14/h3-10H,11-12H2,1-2H3,(H,22,28)(H,23,27). The van der Waals surface area contributed by atoms with Gasteiger partial charge in [-0.25, -0.2) is 4.39 Å². The highest BCUT2D eigenvalue weighted by Crippen LogP contribution is 2.19. The topological polar surface area (TPSA) is 98.1 Å². The summed E-state index contributed by atoms with van der Waals surface area (Å²) in [5.41, 5.74) is 1.13. The molecule has 1 aromatic heterocycles. The summed E-state index contributed by atoms with van der Waals surface area (Å²) in [6.07, 6.45) is 0.0308. The van der Waals surface area contributed by atoms with Crippen LogP contribution in [-0.4, -0.2) is 39.4 Å². The second-order valence-electron chi connectivity index (χ2n) is 6.26. The SMILES string of the molecule is COc1cccc(NC(=O)Cc2nnc(SCC(=O)Nc3ccc(F)cc3)n2C)c1. The first-order valence-electron chi connectivity index (χ1n) is 8.95. The van der Waals surface area contributed by atoms with Gasteiger partial charge in [0, 0.05) is 24.5 Å². The first kappa shape index (κ1) is 21.3. The summed E-state index contributed by atoms with van der Waals surface area (Å²) in [4.78, 5) is 24.4. The van der Waals surface area contributed by atoms with E-state index in [4.69, 9.17) is 4.74 Å². The van der Waals surface area contributed by atoms with Crippen molar-refractivity contribution >= 4 is 35.0 Å². The van der Waals surface area contributed by atoms with Crippen molar-refractivity contribution in [3.05, 3.63) is 60.2 Å². The van der Waals surface area contributed by atoms with E-state index in [9.17, 15) is 14.0 Å². The van der Waals surface area contributed by atoms with Gasteiger partial charge in [0.15, 0.2) is 5.16 Å². The molecule has 0 unspecified atom stereocenters. The summed E-state index contributed by atoms with van der Waals surface area (Å²) in [5.74, 6) is 0.334. The third-order valence-electron chi connectivity index (χ3n) is 4.06. The summed E-state index contributed by atoms with van der Waals surface area (Å²) in [6.45, 7) is 0. The molecule has 1 heterocycles. The van der Waals surface area contributed by atoms with Gasteiger partial charge < -0.3 is 19.9 Å². The van der Waals surface area contributed by atoms with Crippen molar-refractivity contribution in [1.29, 1.82) is 0 Å². The van der Waals surface area contributed by atoms with Crippen LogP contribution in [0.1, 0.15) is 5.82 Å². The second-order valence-corrected chi connectivity index (χ2v) is 7.20. The second kappa shape index (κ2) is 9.88. The van der Waals surface area contributed by atoms with Gasteiger partial charge in [0.2, 0.25) is 11.8 Å². The fraction of sp³-hybridized carbons (Fsp3) is 0.200. The molecule has 2 N–H and O–H groups in total. The Bertz CT molecular complexity index is 1040. The summed E-state index contributed by atoms with van der Waals surface area (Å²) >= 11 is 1.19. The molecule has 30 heavy (non-hydrogen) atoms. The maximum Gasteiger partial charge on any atom is 0.234 e. The molecule has 0 saturated carbocycles. The first-order valence-corrected chi connectivity index (χ1v) is 9.93. The van der Waals surface area contributed by atoms with E-state index < -0.39 is 0 Å². The molecule has 8 nitrogen and oxygen atoms in total. The minimum atomic E-state index is -0.371. The molecule has 0 aliphatic heterocycles. The molecule has 0 atom stereocenters. The molecule has 0 spiro atoms. The highest BCUT2D eigenvalue weighted by molar-refractivity contribution is 7.99. The van der Waals surface area contributed by atoms with Crippen molar-refractivity contribution in [2.45, 2.75) is 11.6 Å². The Labute approximate surface area is 176 Å². The number of rotatable bonds is 8. The first-order chi connectivity index (χ1) is 14.4. The van der Waals surface area contributed by atoms with Crippen LogP contribution in [0.5, 0.6) is 5.75 Å². The van der Waals surface area contributed by atoms with Crippen molar-refractivity contribution in [3.8, 4) is 5.75 Å². The number of aromatic nitrogens is 3. The van der Waals surface area contributed by atoms with Crippen LogP contribution in [-0.2, 0) is 23.1 Å². The van der Waals surface area contributed by atoms with Crippen molar-refractivity contribution in [2.75, 3.05) is 23.5 Å². The number of nitrogens with one attached hydrogen (secondary N) is 2. The predicted molar refractivity (Wildman–Crippen MR) is 112 cm³/mol. The van der Waals surface area contributed by atoms with Crippen molar-refractivity contribution in [1.82, 2.24) is 14.8 Å². The Morgan fingerprint density at radius 3 is 2.53 bits per heavy atom. The van der Waals surface area contributed by atoms with Gasteiger partial charge in [0.05, 0.1) is 19.3 Å². The number of nitrogens with zero attached hydrogens (tertiary/aromatic N) is 3. The maximum absolute atomic E-state index is 12.9. The molecule has 0 aliphatic rings. The van der Waals surface area contributed by atoms with E-state index in [1.807, 2.05) is 0 Å². The Kier molecular flexibility index (Phi) is 7.02. The van der Waals surface area contributed by atoms with Gasteiger partial charge in [0.25, 0.3) is 0 Å². The lowest BCUT2D eigenvalue weighted by atomic mass is 10.3. The number of anilines is 2. The third-order valence-corrected chi connectivity index (χ3v) is 5.08. The molecule has 0 bridgehead atoms. The minimum absolute atomic E-state index is 0.0308. The molecule has 0 fully saturated rings. The molecular formula is C20H20FN5O3S. The van der Waals surface area contributed by atoms with Gasteiger partial charge in [-0.05, 0) is 36.4 Å². The zero-order valence-corrected chi connectivity index (χ0v) is 17.2. The van der Waals surface area contributed by atoms with E-state index in [1.165, 1.54) is 36.0 Å². The highest BCUT2D eigenvalue weighted by atomic mass is 32.2. The largest absolute Gasteiger partial charge is 0.497 e. The lowest BCUT2D eigenvalue weighted by molar-refractivity contribution is -0.116. The molecule has 10 heteroatoms. The molecule has 2 amide bonds. The summed E-state index contributed by atoms with van der Waals surface area (Å²) < 4.78 is 19.7. The lowest BCUT2D eigenvalue weighted by Gasteiger charge is -2.07.